The van der Waals surface area contributed by atoms with Gasteiger partial charge in [0.05, 0.1) is 19.2 Å². The van der Waals surface area contributed by atoms with Crippen LogP contribution in [0.5, 0.6) is 5.75 Å². The van der Waals surface area contributed by atoms with E-state index in [1.54, 1.807) is 7.11 Å². The Morgan fingerprint density at radius 3 is 2.54 bits per heavy atom. The molecule has 1 fully saturated rings. The van der Waals surface area contributed by atoms with Crippen molar-refractivity contribution in [1.29, 1.82) is 0 Å². The van der Waals surface area contributed by atoms with Crippen molar-refractivity contribution in [2.45, 2.75) is 26.7 Å². The molecule has 5 nitrogen and oxygen atoms in total. The first-order chi connectivity index (χ1) is 11.5. The topological polar surface area (TPSA) is 55.6 Å². The third-order valence-corrected chi connectivity index (χ3v) is 4.49. The molecule has 1 aliphatic heterocycles. The van der Waals surface area contributed by atoms with E-state index in [4.69, 9.17) is 9.26 Å². The van der Waals surface area contributed by atoms with Crippen LogP contribution in [0.15, 0.2) is 34.9 Å². The first kappa shape index (κ1) is 16.6. The summed E-state index contributed by atoms with van der Waals surface area (Å²) in [6.07, 6.45) is 1.48. The molecular weight excluding hydrogens is 304 g/mol. The maximum atomic E-state index is 12.5. The van der Waals surface area contributed by atoms with E-state index in [2.05, 4.69) is 19.0 Å². The van der Waals surface area contributed by atoms with Gasteiger partial charge < -0.3 is 14.2 Å². The van der Waals surface area contributed by atoms with Crippen LogP contribution < -0.4 is 4.74 Å². The molecule has 2 atom stereocenters. The summed E-state index contributed by atoms with van der Waals surface area (Å²) in [5.41, 5.74) is 1.60. The Kier molecular flexibility index (Phi) is 4.88. The van der Waals surface area contributed by atoms with E-state index >= 15 is 0 Å². The van der Waals surface area contributed by atoms with Gasteiger partial charge in [0, 0.05) is 24.7 Å². The summed E-state index contributed by atoms with van der Waals surface area (Å²) in [5, 5.41) is 4.05. The largest absolute Gasteiger partial charge is 0.497 e. The molecule has 0 saturated carbocycles. The van der Waals surface area contributed by atoms with Crippen LogP contribution in [0, 0.1) is 11.8 Å². The smallest absolute Gasteiger partial charge is 0.228 e. The zero-order valence-corrected chi connectivity index (χ0v) is 14.5. The summed E-state index contributed by atoms with van der Waals surface area (Å²) in [5.74, 6) is 2.71. The molecule has 24 heavy (non-hydrogen) atoms. The lowest BCUT2D eigenvalue weighted by atomic mass is 9.91. The van der Waals surface area contributed by atoms with Crippen molar-refractivity contribution >= 4 is 5.91 Å². The number of carbonyl (C=O) groups is 1. The minimum absolute atomic E-state index is 0.128. The SMILES string of the molecule is COc1ccc(-c2cc(CC(=O)N3CC(C)CC(C)C3)no2)cc1. The van der Waals surface area contributed by atoms with E-state index in [0.29, 0.717) is 29.7 Å². The Bertz CT molecular complexity index is 683. The quantitative estimate of drug-likeness (QED) is 0.863. The van der Waals surface area contributed by atoms with Crippen molar-refractivity contribution in [3.05, 3.63) is 36.0 Å². The maximum absolute atomic E-state index is 12.5. The Labute approximate surface area is 142 Å². The molecule has 5 heteroatoms. The van der Waals surface area contributed by atoms with E-state index in [9.17, 15) is 4.79 Å². The standard InChI is InChI=1S/C19H24N2O3/c1-13-8-14(2)12-21(11-13)19(22)10-16-9-18(24-20-16)15-4-6-17(23-3)7-5-15/h4-7,9,13-14H,8,10-12H2,1-3H3. The molecule has 1 saturated heterocycles. The van der Waals surface area contributed by atoms with Crippen LogP contribution in [0.1, 0.15) is 26.0 Å². The van der Waals surface area contributed by atoms with Gasteiger partial charge in [0.15, 0.2) is 5.76 Å². The van der Waals surface area contributed by atoms with Crippen molar-refractivity contribution < 1.29 is 14.1 Å². The van der Waals surface area contributed by atoms with Crippen LogP contribution in [0.25, 0.3) is 11.3 Å². The Balaban J connectivity index is 1.66. The summed E-state index contributed by atoms with van der Waals surface area (Å²) in [6.45, 7) is 6.08. The fourth-order valence-electron chi connectivity index (χ4n) is 3.42. The van der Waals surface area contributed by atoms with Gasteiger partial charge in [-0.25, -0.2) is 0 Å². The van der Waals surface area contributed by atoms with Gasteiger partial charge in [0.1, 0.15) is 5.75 Å². The highest BCUT2D eigenvalue weighted by molar-refractivity contribution is 5.78. The van der Waals surface area contributed by atoms with Crippen molar-refractivity contribution in [3.63, 3.8) is 0 Å². The zero-order valence-electron chi connectivity index (χ0n) is 14.5. The average Bonchev–Trinajstić information content (AvgIpc) is 3.02. The summed E-state index contributed by atoms with van der Waals surface area (Å²) < 4.78 is 10.5. The fourth-order valence-corrected chi connectivity index (χ4v) is 3.42. The first-order valence-electron chi connectivity index (χ1n) is 8.43. The molecule has 2 aromatic rings. The minimum atomic E-state index is 0.128. The van der Waals surface area contributed by atoms with Gasteiger partial charge in [0.25, 0.3) is 0 Å². The molecule has 0 radical (unpaired) electrons. The molecule has 3 rings (SSSR count). The molecule has 0 N–H and O–H groups in total. The van der Waals surface area contributed by atoms with E-state index in [0.717, 1.165) is 24.4 Å². The lowest BCUT2D eigenvalue weighted by Crippen LogP contribution is -2.43. The third-order valence-electron chi connectivity index (χ3n) is 4.49. The average molecular weight is 328 g/mol. The molecule has 2 unspecified atom stereocenters. The number of methoxy groups -OCH3 is 1. The number of nitrogens with zero attached hydrogens (tertiary/aromatic N) is 2. The lowest BCUT2D eigenvalue weighted by Gasteiger charge is -2.34. The second-order valence-electron chi connectivity index (χ2n) is 6.83. The van der Waals surface area contributed by atoms with Gasteiger partial charge in [-0.1, -0.05) is 19.0 Å². The highest BCUT2D eigenvalue weighted by Gasteiger charge is 2.26. The predicted molar refractivity (Wildman–Crippen MR) is 91.7 cm³/mol. The van der Waals surface area contributed by atoms with Crippen molar-refractivity contribution in [2.24, 2.45) is 11.8 Å². The number of hydrogen-bond acceptors (Lipinski definition) is 4. The molecule has 2 heterocycles. The van der Waals surface area contributed by atoms with E-state index < -0.39 is 0 Å². The Hall–Kier alpha value is -2.30. The van der Waals surface area contributed by atoms with E-state index in [1.165, 1.54) is 6.42 Å². The van der Waals surface area contributed by atoms with Crippen LogP contribution in [-0.4, -0.2) is 36.2 Å². The molecule has 1 amide bonds. The first-order valence-corrected chi connectivity index (χ1v) is 8.43. The van der Waals surface area contributed by atoms with Crippen molar-refractivity contribution in [1.82, 2.24) is 10.1 Å². The molecule has 0 spiro atoms. The van der Waals surface area contributed by atoms with Crippen LogP contribution >= 0.6 is 0 Å². The number of hydrogen-bond donors (Lipinski definition) is 0. The third kappa shape index (κ3) is 3.78. The zero-order chi connectivity index (χ0) is 17.1. The number of amides is 1. The van der Waals surface area contributed by atoms with E-state index in [1.807, 2.05) is 35.2 Å². The summed E-state index contributed by atoms with van der Waals surface area (Å²) in [7, 11) is 1.63. The maximum Gasteiger partial charge on any atom is 0.228 e. The second kappa shape index (κ2) is 7.07. The molecule has 0 aliphatic carbocycles. The van der Waals surface area contributed by atoms with Gasteiger partial charge in [0.2, 0.25) is 5.91 Å². The second-order valence-corrected chi connectivity index (χ2v) is 6.83. The number of piperidine rings is 1. The van der Waals surface area contributed by atoms with Gasteiger partial charge >= 0.3 is 0 Å². The number of likely N-dealkylation sites (tertiary alicyclic amines) is 1. The van der Waals surface area contributed by atoms with Crippen LogP contribution in [0.4, 0.5) is 0 Å². The number of ether oxygens (including phenoxy) is 1. The van der Waals surface area contributed by atoms with E-state index in [-0.39, 0.29) is 5.91 Å². The molecule has 128 valence electrons. The van der Waals surface area contributed by atoms with Crippen molar-refractivity contribution in [2.75, 3.05) is 20.2 Å². The molecule has 1 aromatic heterocycles. The fraction of sp³-hybridized carbons (Fsp3) is 0.474. The van der Waals surface area contributed by atoms with Gasteiger partial charge in [-0.3, -0.25) is 4.79 Å². The van der Waals surface area contributed by atoms with Crippen molar-refractivity contribution in [3.8, 4) is 17.1 Å². The molecule has 0 bridgehead atoms. The lowest BCUT2D eigenvalue weighted by molar-refractivity contribution is -0.133. The monoisotopic (exact) mass is 328 g/mol. The highest BCUT2D eigenvalue weighted by Crippen LogP contribution is 2.24. The summed E-state index contributed by atoms with van der Waals surface area (Å²) in [6, 6.07) is 9.42. The number of benzene rings is 1. The predicted octanol–water partition coefficient (Wildman–Crippen LogP) is 3.40. The molecular formula is C19H24N2O3. The number of rotatable bonds is 4. The number of aromatic nitrogens is 1. The molecule has 1 aliphatic rings. The Morgan fingerprint density at radius 2 is 1.92 bits per heavy atom. The normalized spacial score (nSPS) is 20.9. The van der Waals surface area contributed by atoms with Gasteiger partial charge in [-0.05, 0) is 42.5 Å². The summed E-state index contributed by atoms with van der Waals surface area (Å²) in [4.78, 5) is 14.5. The highest BCUT2D eigenvalue weighted by atomic mass is 16.5. The van der Waals surface area contributed by atoms with Crippen LogP contribution in [0.3, 0.4) is 0 Å². The van der Waals surface area contributed by atoms with Gasteiger partial charge in [-0.15, -0.1) is 0 Å². The number of carbonyl (C=O) groups excluding carboxylic acids is 1. The van der Waals surface area contributed by atoms with Gasteiger partial charge in [-0.2, -0.15) is 0 Å². The summed E-state index contributed by atoms with van der Waals surface area (Å²) >= 11 is 0. The molecule has 1 aromatic carbocycles. The van der Waals surface area contributed by atoms with Crippen LogP contribution in [-0.2, 0) is 11.2 Å². The van der Waals surface area contributed by atoms with Crippen LogP contribution in [0.2, 0.25) is 0 Å². The minimum Gasteiger partial charge on any atom is -0.497 e. The Morgan fingerprint density at radius 1 is 1.25 bits per heavy atom.